The number of carbonyl (C=O) groups is 2. The Morgan fingerprint density at radius 1 is 1.29 bits per heavy atom. The first-order valence-corrected chi connectivity index (χ1v) is 8.04. The van der Waals surface area contributed by atoms with Crippen LogP contribution in [0.25, 0.3) is 0 Å². The summed E-state index contributed by atoms with van der Waals surface area (Å²) in [6.45, 7) is 5.57. The van der Waals surface area contributed by atoms with Crippen molar-refractivity contribution in [3.63, 3.8) is 0 Å². The zero-order valence-corrected chi connectivity index (χ0v) is 14.0. The summed E-state index contributed by atoms with van der Waals surface area (Å²) in [7, 11) is 0. The Balaban J connectivity index is 2.28. The van der Waals surface area contributed by atoms with Crippen LogP contribution >= 0.6 is 23.4 Å². The van der Waals surface area contributed by atoms with E-state index >= 15 is 0 Å². The molecule has 6 heteroatoms. The third-order valence-corrected chi connectivity index (χ3v) is 4.13. The van der Waals surface area contributed by atoms with E-state index in [9.17, 15) is 9.59 Å². The zero-order valence-electron chi connectivity index (χ0n) is 12.4. The van der Waals surface area contributed by atoms with Crippen molar-refractivity contribution in [2.45, 2.75) is 37.6 Å². The first kappa shape index (κ1) is 17.9. The van der Waals surface area contributed by atoms with E-state index < -0.39 is 5.97 Å². The molecule has 0 unspecified atom stereocenters. The van der Waals surface area contributed by atoms with E-state index in [1.165, 1.54) is 11.8 Å². The maximum atomic E-state index is 11.6. The second-order valence-electron chi connectivity index (χ2n) is 5.19. The van der Waals surface area contributed by atoms with E-state index in [1.54, 1.807) is 12.1 Å². The van der Waals surface area contributed by atoms with Crippen LogP contribution in [0.5, 0.6) is 0 Å². The van der Waals surface area contributed by atoms with Crippen molar-refractivity contribution in [2.24, 2.45) is 0 Å². The van der Waals surface area contributed by atoms with Gasteiger partial charge in [-0.2, -0.15) is 0 Å². The topological polar surface area (TPSA) is 55.4 Å². The maximum Gasteiger partial charge on any atom is 0.316 e. The summed E-state index contributed by atoms with van der Waals surface area (Å²) in [5, 5.41) is 3.45. The molecule has 1 aromatic rings. The predicted molar refractivity (Wildman–Crippen MR) is 85.6 cm³/mol. The minimum absolute atomic E-state index is 0.159. The molecule has 0 spiro atoms. The van der Waals surface area contributed by atoms with Crippen LogP contribution in [-0.2, 0) is 14.3 Å². The molecule has 0 aromatic heterocycles. The number of thioether (sulfide) groups is 1. The summed E-state index contributed by atoms with van der Waals surface area (Å²) in [5.41, 5.74) is -0.290. The van der Waals surface area contributed by atoms with Gasteiger partial charge in [0.25, 0.3) is 5.91 Å². The van der Waals surface area contributed by atoms with Crippen molar-refractivity contribution >= 4 is 35.2 Å². The van der Waals surface area contributed by atoms with E-state index in [0.717, 1.165) is 11.3 Å². The minimum atomic E-state index is -0.417. The maximum absolute atomic E-state index is 11.6. The molecule has 0 aliphatic carbocycles. The number of carbonyl (C=O) groups excluding carboxylic acids is 2. The van der Waals surface area contributed by atoms with Gasteiger partial charge in [0.15, 0.2) is 6.61 Å². The van der Waals surface area contributed by atoms with Gasteiger partial charge < -0.3 is 10.1 Å². The highest BCUT2D eigenvalue weighted by Gasteiger charge is 2.18. The van der Waals surface area contributed by atoms with Crippen molar-refractivity contribution < 1.29 is 14.3 Å². The summed E-state index contributed by atoms with van der Waals surface area (Å²) in [4.78, 5) is 24.1. The number of benzene rings is 1. The second kappa shape index (κ2) is 8.29. The highest BCUT2D eigenvalue weighted by molar-refractivity contribution is 8.00. The fourth-order valence-corrected chi connectivity index (χ4v) is 2.19. The molecule has 0 atom stereocenters. The van der Waals surface area contributed by atoms with Crippen LogP contribution in [-0.4, -0.2) is 29.8 Å². The molecule has 0 aliphatic rings. The van der Waals surface area contributed by atoms with Gasteiger partial charge in [-0.25, -0.2) is 0 Å². The first-order chi connectivity index (χ1) is 9.82. The molecule has 116 valence electrons. The minimum Gasteiger partial charge on any atom is -0.455 e. The van der Waals surface area contributed by atoms with E-state index in [4.69, 9.17) is 16.3 Å². The molecule has 21 heavy (non-hydrogen) atoms. The van der Waals surface area contributed by atoms with Gasteiger partial charge in [-0.15, -0.1) is 11.8 Å². The number of amides is 1. The Kier molecular flexibility index (Phi) is 7.05. The molecule has 1 N–H and O–H groups in total. The quantitative estimate of drug-likeness (QED) is 0.616. The number of halogens is 1. The Labute approximate surface area is 134 Å². The Hall–Kier alpha value is -1.20. The van der Waals surface area contributed by atoms with Crippen LogP contribution in [0.1, 0.15) is 27.2 Å². The molecule has 4 nitrogen and oxygen atoms in total. The number of ether oxygens (including phenoxy) is 1. The van der Waals surface area contributed by atoms with Crippen molar-refractivity contribution in [1.29, 1.82) is 0 Å². The Morgan fingerprint density at radius 3 is 2.48 bits per heavy atom. The summed E-state index contributed by atoms with van der Waals surface area (Å²) < 4.78 is 4.94. The van der Waals surface area contributed by atoms with Crippen LogP contribution in [0.15, 0.2) is 29.2 Å². The van der Waals surface area contributed by atoms with Crippen LogP contribution < -0.4 is 5.32 Å². The van der Waals surface area contributed by atoms with Gasteiger partial charge in [-0.3, -0.25) is 9.59 Å². The lowest BCUT2D eigenvalue weighted by molar-refractivity contribution is -0.146. The van der Waals surface area contributed by atoms with Crippen LogP contribution in [0.3, 0.4) is 0 Å². The molecule has 0 saturated carbocycles. The summed E-state index contributed by atoms with van der Waals surface area (Å²) in [6.07, 6.45) is 0.805. The normalized spacial score (nSPS) is 11.0. The van der Waals surface area contributed by atoms with E-state index in [1.807, 2.05) is 32.9 Å². The van der Waals surface area contributed by atoms with Crippen LogP contribution in [0.2, 0.25) is 5.02 Å². The van der Waals surface area contributed by atoms with Gasteiger partial charge in [-0.05, 0) is 44.5 Å². The number of esters is 1. The van der Waals surface area contributed by atoms with E-state index in [0.29, 0.717) is 5.02 Å². The lowest BCUT2D eigenvalue weighted by Gasteiger charge is -2.24. The van der Waals surface area contributed by atoms with Crippen molar-refractivity contribution in [1.82, 2.24) is 5.32 Å². The average Bonchev–Trinajstić information content (AvgIpc) is 2.44. The molecule has 0 bridgehead atoms. The number of rotatable bonds is 7. The van der Waals surface area contributed by atoms with Gasteiger partial charge in [0.2, 0.25) is 0 Å². The molecule has 1 rings (SSSR count). The van der Waals surface area contributed by atoms with Crippen molar-refractivity contribution in [3.05, 3.63) is 29.3 Å². The van der Waals surface area contributed by atoms with Gasteiger partial charge in [0, 0.05) is 15.5 Å². The molecule has 0 heterocycles. The lowest BCUT2D eigenvalue weighted by Crippen LogP contribution is -2.44. The number of hydrogen-bond donors (Lipinski definition) is 1. The summed E-state index contributed by atoms with van der Waals surface area (Å²) in [6, 6.07) is 7.18. The SMILES string of the molecule is CCC(C)(C)NC(=O)COC(=O)CSc1ccc(Cl)cc1. The van der Waals surface area contributed by atoms with Gasteiger partial charge in [0.1, 0.15) is 0 Å². The third-order valence-electron chi connectivity index (χ3n) is 2.90. The Bertz CT molecular complexity index is 488. The standard InChI is InChI=1S/C15H20ClNO3S/c1-4-15(2,3)17-13(18)9-20-14(19)10-21-12-7-5-11(16)6-8-12/h5-8H,4,9-10H2,1-3H3,(H,17,18). The molecule has 0 radical (unpaired) electrons. The fourth-order valence-electron chi connectivity index (χ4n) is 1.36. The van der Waals surface area contributed by atoms with Crippen LogP contribution in [0.4, 0.5) is 0 Å². The molecule has 0 fully saturated rings. The smallest absolute Gasteiger partial charge is 0.316 e. The lowest BCUT2D eigenvalue weighted by atomic mass is 10.0. The third kappa shape index (κ3) is 7.39. The van der Waals surface area contributed by atoms with Crippen LogP contribution in [0, 0.1) is 0 Å². The number of nitrogens with one attached hydrogen (secondary N) is 1. The molecule has 0 saturated heterocycles. The molecule has 1 amide bonds. The first-order valence-electron chi connectivity index (χ1n) is 6.67. The summed E-state index contributed by atoms with van der Waals surface area (Å²) in [5.74, 6) is -0.544. The van der Waals surface area contributed by atoms with E-state index in [-0.39, 0.29) is 23.8 Å². The molecule has 0 aliphatic heterocycles. The highest BCUT2D eigenvalue weighted by Crippen LogP contribution is 2.20. The molecule has 1 aromatic carbocycles. The van der Waals surface area contributed by atoms with E-state index in [2.05, 4.69) is 5.32 Å². The highest BCUT2D eigenvalue weighted by atomic mass is 35.5. The van der Waals surface area contributed by atoms with Gasteiger partial charge >= 0.3 is 5.97 Å². The molecular weight excluding hydrogens is 310 g/mol. The zero-order chi connectivity index (χ0) is 15.9. The second-order valence-corrected chi connectivity index (χ2v) is 6.67. The Morgan fingerprint density at radius 2 is 1.90 bits per heavy atom. The fraction of sp³-hybridized carbons (Fsp3) is 0.467. The van der Waals surface area contributed by atoms with Crippen molar-refractivity contribution in [3.8, 4) is 0 Å². The largest absolute Gasteiger partial charge is 0.455 e. The monoisotopic (exact) mass is 329 g/mol. The average molecular weight is 330 g/mol. The van der Waals surface area contributed by atoms with Crippen molar-refractivity contribution in [2.75, 3.05) is 12.4 Å². The summed E-state index contributed by atoms with van der Waals surface area (Å²) >= 11 is 7.12. The van der Waals surface area contributed by atoms with Gasteiger partial charge in [0.05, 0.1) is 5.75 Å². The molecular formula is C15H20ClNO3S. The van der Waals surface area contributed by atoms with Gasteiger partial charge in [-0.1, -0.05) is 18.5 Å². The predicted octanol–water partition coefficient (Wildman–Crippen LogP) is 3.28. The number of hydrogen-bond acceptors (Lipinski definition) is 4.